The molecule has 0 unspecified atom stereocenters. The molecule has 0 radical (unpaired) electrons. The van der Waals surface area contributed by atoms with Crippen LogP contribution < -0.4 is 5.73 Å². The zero-order chi connectivity index (χ0) is 13.8. The fourth-order valence-electron chi connectivity index (χ4n) is 1.58. The second kappa shape index (κ2) is 5.71. The van der Waals surface area contributed by atoms with Gasteiger partial charge in [-0.25, -0.2) is 4.39 Å². The van der Waals surface area contributed by atoms with Crippen LogP contribution in [0.2, 0.25) is 0 Å². The summed E-state index contributed by atoms with van der Waals surface area (Å²) in [7, 11) is 0. The maximum Gasteiger partial charge on any atom is 0.292 e. The highest BCUT2D eigenvalue weighted by Gasteiger charge is 2.11. The standard InChI is InChI=1S/C13H11FN2O2S/c14-10-3-1-2-4-13(10)19-8-9-5-6-12(16(17)18)11(15)7-9/h1-7H,8,15H2. The van der Waals surface area contributed by atoms with Crippen LogP contribution in [0, 0.1) is 15.9 Å². The number of hydrogen-bond donors (Lipinski definition) is 1. The first-order chi connectivity index (χ1) is 9.08. The van der Waals surface area contributed by atoms with Crippen LogP contribution in [0.25, 0.3) is 0 Å². The van der Waals surface area contributed by atoms with Crippen molar-refractivity contribution < 1.29 is 9.31 Å². The molecule has 2 aromatic carbocycles. The van der Waals surface area contributed by atoms with Crippen molar-refractivity contribution in [3.05, 3.63) is 64.0 Å². The van der Waals surface area contributed by atoms with Crippen molar-refractivity contribution in [1.82, 2.24) is 0 Å². The zero-order valence-corrected chi connectivity index (χ0v) is 10.7. The largest absolute Gasteiger partial charge is 0.393 e. The predicted octanol–water partition coefficient (Wildman–Crippen LogP) is 3.61. The quantitative estimate of drug-likeness (QED) is 0.401. The average Bonchev–Trinajstić information content (AvgIpc) is 2.37. The maximum atomic E-state index is 13.4. The Morgan fingerprint density at radius 1 is 1.26 bits per heavy atom. The highest BCUT2D eigenvalue weighted by molar-refractivity contribution is 7.98. The Morgan fingerprint density at radius 3 is 2.63 bits per heavy atom. The van der Waals surface area contributed by atoms with Crippen LogP contribution in [0.4, 0.5) is 15.8 Å². The summed E-state index contributed by atoms with van der Waals surface area (Å²) in [4.78, 5) is 10.6. The third-order valence-corrected chi connectivity index (χ3v) is 3.64. The van der Waals surface area contributed by atoms with Crippen LogP contribution >= 0.6 is 11.8 Å². The van der Waals surface area contributed by atoms with Gasteiger partial charge in [-0.15, -0.1) is 11.8 Å². The smallest absolute Gasteiger partial charge is 0.292 e. The summed E-state index contributed by atoms with van der Waals surface area (Å²) in [6, 6.07) is 11.0. The van der Waals surface area contributed by atoms with Gasteiger partial charge in [-0.3, -0.25) is 10.1 Å². The number of hydrogen-bond acceptors (Lipinski definition) is 4. The number of rotatable bonds is 4. The number of halogens is 1. The molecule has 2 rings (SSSR count). The molecular weight excluding hydrogens is 267 g/mol. The van der Waals surface area contributed by atoms with Crippen LogP contribution in [0.15, 0.2) is 47.4 Å². The molecule has 19 heavy (non-hydrogen) atoms. The number of nitrogens with two attached hydrogens (primary N) is 1. The first kappa shape index (κ1) is 13.4. The van der Waals surface area contributed by atoms with Crippen LogP contribution in [-0.2, 0) is 5.75 Å². The van der Waals surface area contributed by atoms with Gasteiger partial charge in [0.25, 0.3) is 5.69 Å². The van der Waals surface area contributed by atoms with E-state index in [1.165, 1.54) is 23.9 Å². The van der Waals surface area contributed by atoms with Crippen molar-refractivity contribution in [3.63, 3.8) is 0 Å². The Morgan fingerprint density at radius 2 is 2.00 bits per heavy atom. The lowest BCUT2D eigenvalue weighted by molar-refractivity contribution is -0.383. The Labute approximate surface area is 113 Å². The van der Waals surface area contributed by atoms with Gasteiger partial charge in [0.05, 0.1) is 4.92 Å². The van der Waals surface area contributed by atoms with Crippen LogP contribution in [-0.4, -0.2) is 4.92 Å². The van der Waals surface area contributed by atoms with Gasteiger partial charge in [0.2, 0.25) is 0 Å². The molecule has 0 aliphatic heterocycles. The van der Waals surface area contributed by atoms with E-state index >= 15 is 0 Å². The lowest BCUT2D eigenvalue weighted by Crippen LogP contribution is -1.96. The van der Waals surface area contributed by atoms with E-state index < -0.39 is 4.92 Å². The normalized spacial score (nSPS) is 10.4. The topological polar surface area (TPSA) is 69.2 Å². The molecule has 98 valence electrons. The highest BCUT2D eigenvalue weighted by Crippen LogP contribution is 2.28. The molecule has 0 saturated carbocycles. The summed E-state index contributed by atoms with van der Waals surface area (Å²) in [5, 5.41) is 10.6. The molecule has 0 atom stereocenters. The van der Waals surface area contributed by atoms with Gasteiger partial charge >= 0.3 is 0 Å². The Kier molecular flexibility index (Phi) is 4.01. The molecule has 0 spiro atoms. The van der Waals surface area contributed by atoms with Gasteiger partial charge in [0.15, 0.2) is 0 Å². The monoisotopic (exact) mass is 278 g/mol. The molecule has 0 amide bonds. The van der Waals surface area contributed by atoms with Gasteiger partial charge < -0.3 is 5.73 Å². The van der Waals surface area contributed by atoms with E-state index in [4.69, 9.17) is 5.73 Å². The van der Waals surface area contributed by atoms with Crippen molar-refractivity contribution in [2.75, 3.05) is 5.73 Å². The van der Waals surface area contributed by atoms with E-state index in [2.05, 4.69) is 0 Å². The fourth-order valence-corrected chi connectivity index (χ4v) is 2.47. The summed E-state index contributed by atoms with van der Waals surface area (Å²) in [6.07, 6.45) is 0. The molecule has 0 saturated heterocycles. The Balaban J connectivity index is 2.11. The van der Waals surface area contributed by atoms with E-state index in [9.17, 15) is 14.5 Å². The third-order valence-electron chi connectivity index (χ3n) is 2.52. The van der Waals surface area contributed by atoms with Gasteiger partial charge in [0.1, 0.15) is 11.5 Å². The molecular formula is C13H11FN2O2S. The summed E-state index contributed by atoms with van der Waals surface area (Å²) >= 11 is 1.32. The molecule has 6 heteroatoms. The van der Waals surface area contributed by atoms with Crippen molar-refractivity contribution in [2.24, 2.45) is 0 Å². The summed E-state index contributed by atoms with van der Waals surface area (Å²) in [5.74, 6) is 0.228. The van der Waals surface area contributed by atoms with Crippen molar-refractivity contribution >= 4 is 23.1 Å². The first-order valence-corrected chi connectivity index (χ1v) is 6.46. The second-order valence-corrected chi connectivity index (χ2v) is 4.89. The van der Waals surface area contributed by atoms with Gasteiger partial charge in [0, 0.05) is 16.7 Å². The van der Waals surface area contributed by atoms with Crippen LogP contribution in [0.3, 0.4) is 0 Å². The molecule has 4 nitrogen and oxygen atoms in total. The van der Waals surface area contributed by atoms with Crippen LogP contribution in [0.1, 0.15) is 5.56 Å². The van der Waals surface area contributed by atoms with Gasteiger partial charge in [-0.1, -0.05) is 18.2 Å². The molecule has 0 aromatic heterocycles. The molecule has 0 fully saturated rings. The molecule has 0 aliphatic carbocycles. The highest BCUT2D eigenvalue weighted by atomic mass is 32.2. The maximum absolute atomic E-state index is 13.4. The number of anilines is 1. The number of benzene rings is 2. The SMILES string of the molecule is Nc1cc(CSc2ccccc2F)ccc1[N+](=O)[O-]. The number of nitrogens with zero attached hydrogens (tertiary/aromatic N) is 1. The minimum atomic E-state index is -0.525. The molecule has 2 aromatic rings. The molecule has 2 N–H and O–H groups in total. The van der Waals surface area contributed by atoms with E-state index in [-0.39, 0.29) is 17.2 Å². The number of thioether (sulfide) groups is 1. The Hall–Kier alpha value is -2.08. The van der Waals surface area contributed by atoms with E-state index in [0.717, 1.165) is 5.56 Å². The molecule has 0 heterocycles. The van der Waals surface area contributed by atoms with E-state index in [1.54, 1.807) is 30.3 Å². The predicted molar refractivity (Wildman–Crippen MR) is 73.5 cm³/mol. The van der Waals surface area contributed by atoms with Gasteiger partial charge in [-0.2, -0.15) is 0 Å². The first-order valence-electron chi connectivity index (χ1n) is 5.48. The van der Waals surface area contributed by atoms with Gasteiger partial charge in [-0.05, 0) is 23.8 Å². The van der Waals surface area contributed by atoms with Crippen molar-refractivity contribution in [3.8, 4) is 0 Å². The van der Waals surface area contributed by atoms with Crippen LogP contribution in [0.5, 0.6) is 0 Å². The summed E-state index contributed by atoms with van der Waals surface area (Å²) in [6.45, 7) is 0. The average molecular weight is 278 g/mol. The second-order valence-electron chi connectivity index (χ2n) is 3.87. The van der Waals surface area contributed by atoms with E-state index in [0.29, 0.717) is 10.6 Å². The number of nitro groups is 1. The lowest BCUT2D eigenvalue weighted by Gasteiger charge is -2.04. The zero-order valence-electron chi connectivity index (χ0n) is 9.88. The minimum Gasteiger partial charge on any atom is -0.393 e. The fraction of sp³-hybridized carbons (Fsp3) is 0.0769. The molecule has 0 aliphatic rings. The number of nitro benzene ring substituents is 1. The summed E-state index contributed by atoms with van der Waals surface area (Å²) < 4.78 is 13.4. The summed E-state index contributed by atoms with van der Waals surface area (Å²) in [5.41, 5.74) is 6.42. The third kappa shape index (κ3) is 3.23. The number of nitrogen functional groups attached to an aromatic ring is 1. The van der Waals surface area contributed by atoms with Crippen molar-refractivity contribution in [2.45, 2.75) is 10.6 Å². The lowest BCUT2D eigenvalue weighted by atomic mass is 10.2. The molecule has 0 bridgehead atoms. The van der Waals surface area contributed by atoms with E-state index in [1.807, 2.05) is 0 Å². The van der Waals surface area contributed by atoms with Crippen molar-refractivity contribution in [1.29, 1.82) is 0 Å². The minimum absolute atomic E-state index is 0.111. The Bertz CT molecular complexity index is 619.